The van der Waals surface area contributed by atoms with Crippen molar-refractivity contribution in [2.24, 2.45) is 0 Å². The van der Waals surface area contributed by atoms with Gasteiger partial charge in [-0.25, -0.2) is 0 Å². The molecular formula is C16H13NO3. The first kappa shape index (κ1) is 12.3. The zero-order chi connectivity index (χ0) is 14.1. The fraction of sp³-hybridized carbons (Fsp3) is 0.0625. The summed E-state index contributed by atoms with van der Waals surface area (Å²) in [5, 5.41) is 0.476. The van der Waals surface area contributed by atoms with Gasteiger partial charge >= 0.3 is 0 Å². The lowest BCUT2D eigenvalue weighted by molar-refractivity contribution is 0.415. The molecule has 0 saturated heterocycles. The van der Waals surface area contributed by atoms with E-state index in [2.05, 4.69) is 0 Å². The molecule has 2 aromatic carbocycles. The Bertz CT molecular complexity index is 836. The third kappa shape index (κ3) is 1.82. The lowest BCUT2D eigenvalue weighted by Gasteiger charge is -2.10. The molecule has 2 N–H and O–H groups in total. The normalized spacial score (nSPS) is 10.7. The summed E-state index contributed by atoms with van der Waals surface area (Å²) in [7, 11) is 1.56. The number of benzene rings is 2. The molecule has 3 aromatic rings. The number of ether oxygens (including phenoxy) is 1. The average molecular weight is 267 g/mol. The second kappa shape index (κ2) is 4.74. The second-order valence-corrected chi connectivity index (χ2v) is 4.37. The van der Waals surface area contributed by atoms with Gasteiger partial charge < -0.3 is 14.9 Å². The van der Waals surface area contributed by atoms with Crippen LogP contribution in [0.3, 0.4) is 0 Å². The molecule has 0 unspecified atom stereocenters. The summed E-state index contributed by atoms with van der Waals surface area (Å²) in [5.74, 6) is 0.948. The highest BCUT2D eigenvalue weighted by molar-refractivity contribution is 5.86. The molecule has 100 valence electrons. The third-order valence-corrected chi connectivity index (χ3v) is 3.18. The molecule has 0 radical (unpaired) electrons. The highest BCUT2D eigenvalue weighted by atomic mass is 16.5. The first-order valence-electron chi connectivity index (χ1n) is 6.17. The van der Waals surface area contributed by atoms with Crippen LogP contribution in [-0.4, -0.2) is 7.11 Å². The van der Waals surface area contributed by atoms with E-state index in [1.165, 1.54) is 0 Å². The van der Waals surface area contributed by atoms with Gasteiger partial charge in [0.2, 0.25) is 5.43 Å². The van der Waals surface area contributed by atoms with Crippen molar-refractivity contribution in [3.05, 3.63) is 58.8 Å². The van der Waals surface area contributed by atoms with Gasteiger partial charge in [-0.05, 0) is 24.3 Å². The van der Waals surface area contributed by atoms with Gasteiger partial charge in [0.05, 0.1) is 18.1 Å². The number of fused-ring (bicyclic) bond motifs is 1. The van der Waals surface area contributed by atoms with Gasteiger partial charge in [0, 0.05) is 0 Å². The molecule has 0 fully saturated rings. The van der Waals surface area contributed by atoms with E-state index in [9.17, 15) is 4.79 Å². The molecule has 0 bridgehead atoms. The number of anilines is 1. The Balaban J connectivity index is 2.37. The molecule has 0 aliphatic rings. The molecule has 0 aliphatic heterocycles. The maximum atomic E-state index is 12.3. The summed E-state index contributed by atoms with van der Waals surface area (Å²) in [6.45, 7) is 0. The van der Waals surface area contributed by atoms with E-state index in [4.69, 9.17) is 14.9 Å². The molecule has 3 rings (SSSR count). The summed E-state index contributed by atoms with van der Waals surface area (Å²) < 4.78 is 11.1. The van der Waals surface area contributed by atoms with Gasteiger partial charge in [-0.2, -0.15) is 0 Å². The maximum Gasteiger partial charge on any atom is 0.216 e. The quantitative estimate of drug-likeness (QED) is 0.775. The molecule has 0 aliphatic carbocycles. The lowest BCUT2D eigenvalue weighted by Crippen LogP contribution is -2.10. The summed E-state index contributed by atoms with van der Waals surface area (Å²) in [6, 6.07) is 14.3. The molecule has 0 atom stereocenters. The van der Waals surface area contributed by atoms with Gasteiger partial charge in [-0.3, -0.25) is 4.79 Å². The fourth-order valence-electron chi connectivity index (χ4n) is 2.19. The standard InChI is InChI=1S/C16H13NO3/c1-19-12-8-4-3-7-11(12)16-14(17)15(18)10-6-2-5-9-13(10)20-16/h2-9H,17H2,1H3. The Kier molecular flexibility index (Phi) is 2.91. The van der Waals surface area contributed by atoms with Crippen molar-refractivity contribution in [2.75, 3.05) is 12.8 Å². The van der Waals surface area contributed by atoms with E-state index in [1.54, 1.807) is 31.4 Å². The van der Waals surface area contributed by atoms with Gasteiger partial charge in [0.25, 0.3) is 0 Å². The average Bonchev–Trinajstić information content (AvgIpc) is 2.51. The van der Waals surface area contributed by atoms with E-state index in [-0.39, 0.29) is 11.1 Å². The molecule has 1 aromatic heterocycles. The summed E-state index contributed by atoms with van der Waals surface area (Å²) in [5.41, 5.74) is 6.97. The van der Waals surface area contributed by atoms with E-state index in [1.807, 2.05) is 24.3 Å². The summed E-state index contributed by atoms with van der Waals surface area (Å²) >= 11 is 0. The van der Waals surface area contributed by atoms with Gasteiger partial charge in [-0.15, -0.1) is 0 Å². The summed E-state index contributed by atoms with van der Waals surface area (Å²) in [6.07, 6.45) is 0. The van der Waals surface area contributed by atoms with Crippen LogP contribution in [-0.2, 0) is 0 Å². The van der Waals surface area contributed by atoms with E-state index in [0.717, 1.165) is 0 Å². The van der Waals surface area contributed by atoms with Crippen molar-refractivity contribution in [3.63, 3.8) is 0 Å². The lowest BCUT2D eigenvalue weighted by atomic mass is 10.1. The Labute approximate surface area is 115 Å². The zero-order valence-electron chi connectivity index (χ0n) is 10.9. The molecule has 1 heterocycles. The maximum absolute atomic E-state index is 12.3. The molecule has 4 nitrogen and oxygen atoms in total. The monoisotopic (exact) mass is 267 g/mol. The van der Waals surface area contributed by atoms with Crippen molar-refractivity contribution in [1.82, 2.24) is 0 Å². The molecule has 4 heteroatoms. The minimum absolute atomic E-state index is 0.0909. The van der Waals surface area contributed by atoms with Crippen molar-refractivity contribution >= 4 is 16.7 Å². The first-order valence-corrected chi connectivity index (χ1v) is 6.17. The predicted octanol–water partition coefficient (Wildman–Crippen LogP) is 3.05. The molecule has 0 spiro atoms. The van der Waals surface area contributed by atoms with Crippen LogP contribution in [0.4, 0.5) is 5.69 Å². The van der Waals surface area contributed by atoms with Crippen molar-refractivity contribution in [3.8, 4) is 17.1 Å². The zero-order valence-corrected chi connectivity index (χ0v) is 10.9. The van der Waals surface area contributed by atoms with Crippen LogP contribution >= 0.6 is 0 Å². The van der Waals surface area contributed by atoms with E-state index < -0.39 is 0 Å². The minimum atomic E-state index is -0.229. The Morgan fingerprint density at radius 2 is 1.75 bits per heavy atom. The van der Waals surface area contributed by atoms with Crippen LogP contribution in [0.5, 0.6) is 5.75 Å². The molecular weight excluding hydrogens is 254 g/mol. The summed E-state index contributed by atoms with van der Waals surface area (Å²) in [4.78, 5) is 12.3. The molecule has 0 saturated carbocycles. The SMILES string of the molecule is COc1ccccc1-c1oc2ccccc2c(=O)c1N. The van der Waals surface area contributed by atoms with Crippen LogP contribution in [0.25, 0.3) is 22.3 Å². The number of para-hydroxylation sites is 2. The molecule has 20 heavy (non-hydrogen) atoms. The van der Waals surface area contributed by atoms with Gasteiger partial charge in [-0.1, -0.05) is 24.3 Å². The van der Waals surface area contributed by atoms with Crippen LogP contribution in [0.15, 0.2) is 57.7 Å². The topological polar surface area (TPSA) is 65.5 Å². The fourth-order valence-corrected chi connectivity index (χ4v) is 2.19. The van der Waals surface area contributed by atoms with Gasteiger partial charge in [0.1, 0.15) is 17.0 Å². The molecule has 0 amide bonds. The van der Waals surface area contributed by atoms with Crippen molar-refractivity contribution in [1.29, 1.82) is 0 Å². The second-order valence-electron chi connectivity index (χ2n) is 4.37. The number of rotatable bonds is 2. The Hall–Kier alpha value is -2.75. The van der Waals surface area contributed by atoms with Gasteiger partial charge in [0.15, 0.2) is 5.76 Å². The first-order chi connectivity index (χ1) is 9.72. The third-order valence-electron chi connectivity index (χ3n) is 3.18. The van der Waals surface area contributed by atoms with Crippen LogP contribution < -0.4 is 15.9 Å². The predicted molar refractivity (Wildman–Crippen MR) is 78.9 cm³/mol. The number of nitrogen functional groups attached to an aromatic ring is 1. The van der Waals surface area contributed by atoms with E-state index >= 15 is 0 Å². The number of hydrogen-bond donors (Lipinski definition) is 1. The van der Waals surface area contributed by atoms with Crippen LogP contribution in [0.1, 0.15) is 0 Å². The smallest absolute Gasteiger partial charge is 0.216 e. The van der Waals surface area contributed by atoms with Crippen molar-refractivity contribution < 1.29 is 9.15 Å². The van der Waals surface area contributed by atoms with Crippen LogP contribution in [0, 0.1) is 0 Å². The largest absolute Gasteiger partial charge is 0.496 e. The number of methoxy groups -OCH3 is 1. The highest BCUT2D eigenvalue weighted by Crippen LogP contribution is 2.33. The van der Waals surface area contributed by atoms with E-state index in [0.29, 0.717) is 28.0 Å². The number of nitrogens with two attached hydrogens (primary N) is 1. The minimum Gasteiger partial charge on any atom is -0.496 e. The Morgan fingerprint density at radius 3 is 2.55 bits per heavy atom. The highest BCUT2D eigenvalue weighted by Gasteiger charge is 2.16. The van der Waals surface area contributed by atoms with Crippen LogP contribution in [0.2, 0.25) is 0 Å². The van der Waals surface area contributed by atoms with Crippen molar-refractivity contribution in [2.45, 2.75) is 0 Å². The number of hydrogen-bond acceptors (Lipinski definition) is 4. The Morgan fingerprint density at radius 1 is 1.05 bits per heavy atom.